The topological polar surface area (TPSA) is 61.3 Å². The summed E-state index contributed by atoms with van der Waals surface area (Å²) >= 11 is 3.37. The average Bonchev–Trinajstić information content (AvgIpc) is 2.61. The maximum Gasteiger partial charge on any atom is 0.134 e. The number of rotatable bonds is 5. The molecule has 1 aliphatic rings. The molecule has 2 heterocycles. The van der Waals surface area contributed by atoms with Gasteiger partial charge in [0.15, 0.2) is 0 Å². The zero-order valence-electron chi connectivity index (χ0n) is 13.3. The summed E-state index contributed by atoms with van der Waals surface area (Å²) in [4.78, 5) is 10.8. The fourth-order valence-electron chi connectivity index (χ4n) is 2.89. The van der Waals surface area contributed by atoms with E-state index in [-0.39, 0.29) is 12.4 Å². The fraction of sp³-hybridized carbons (Fsp3) is 0.412. The van der Waals surface area contributed by atoms with Gasteiger partial charge in [-0.25, -0.2) is 14.4 Å². The molecule has 1 unspecified atom stereocenters. The molecule has 3 rings (SSSR count). The lowest BCUT2D eigenvalue weighted by molar-refractivity contribution is 0.208. The number of halogens is 2. The molecule has 1 fully saturated rings. The predicted molar refractivity (Wildman–Crippen MR) is 95.5 cm³/mol. The van der Waals surface area contributed by atoms with Crippen LogP contribution in [0.15, 0.2) is 35.1 Å². The van der Waals surface area contributed by atoms with Gasteiger partial charge in [-0.15, -0.1) is 0 Å². The Balaban J connectivity index is 1.67. The Morgan fingerprint density at radius 2 is 2.21 bits per heavy atom. The van der Waals surface area contributed by atoms with E-state index in [1.54, 1.807) is 12.4 Å². The van der Waals surface area contributed by atoms with Crippen molar-refractivity contribution in [1.82, 2.24) is 9.97 Å². The molecule has 128 valence electrons. The highest BCUT2D eigenvalue weighted by Crippen LogP contribution is 2.23. The van der Waals surface area contributed by atoms with Gasteiger partial charge in [0.05, 0.1) is 0 Å². The first-order chi connectivity index (χ1) is 11.7. The first-order valence-electron chi connectivity index (χ1n) is 8.01. The highest BCUT2D eigenvalue weighted by molar-refractivity contribution is 9.10. The molecular weight excluding hydrogens is 375 g/mol. The van der Waals surface area contributed by atoms with Crippen LogP contribution in [-0.4, -0.2) is 34.8 Å². The Morgan fingerprint density at radius 3 is 3.00 bits per heavy atom. The van der Waals surface area contributed by atoms with Crippen LogP contribution in [0.2, 0.25) is 0 Å². The van der Waals surface area contributed by atoms with E-state index in [1.807, 2.05) is 6.07 Å². The summed E-state index contributed by atoms with van der Waals surface area (Å²) < 4.78 is 13.9. The van der Waals surface area contributed by atoms with E-state index in [1.165, 1.54) is 12.1 Å². The number of anilines is 2. The van der Waals surface area contributed by atoms with Crippen molar-refractivity contribution in [2.45, 2.75) is 19.4 Å². The Hall–Kier alpha value is -1.73. The zero-order chi connectivity index (χ0) is 16.9. The number of nitrogens with zero attached hydrogens (tertiary/aromatic N) is 3. The summed E-state index contributed by atoms with van der Waals surface area (Å²) in [7, 11) is 0. The van der Waals surface area contributed by atoms with Gasteiger partial charge < -0.3 is 15.3 Å². The number of aliphatic hydroxyl groups excluding tert-OH is 1. The molecule has 1 aromatic carbocycles. The van der Waals surface area contributed by atoms with Crippen molar-refractivity contribution < 1.29 is 9.50 Å². The number of hydrogen-bond donors (Lipinski definition) is 2. The van der Waals surface area contributed by atoms with Crippen molar-refractivity contribution in [2.75, 3.05) is 29.9 Å². The Bertz CT molecular complexity index is 700. The molecule has 5 nitrogen and oxygen atoms in total. The van der Waals surface area contributed by atoms with Crippen LogP contribution in [0.1, 0.15) is 18.4 Å². The van der Waals surface area contributed by atoms with Crippen LogP contribution in [0.5, 0.6) is 0 Å². The summed E-state index contributed by atoms with van der Waals surface area (Å²) in [5, 5.41) is 12.6. The number of piperidine rings is 1. The predicted octanol–water partition coefficient (Wildman–Crippen LogP) is 3.20. The van der Waals surface area contributed by atoms with Crippen LogP contribution < -0.4 is 10.2 Å². The number of aliphatic hydroxyl groups is 1. The minimum atomic E-state index is -0.265. The maximum atomic E-state index is 13.1. The molecule has 1 atom stereocenters. The minimum absolute atomic E-state index is 0.214. The minimum Gasteiger partial charge on any atom is -0.396 e. The van der Waals surface area contributed by atoms with Crippen LogP contribution in [0, 0.1) is 11.7 Å². The van der Waals surface area contributed by atoms with Crippen molar-refractivity contribution in [1.29, 1.82) is 0 Å². The summed E-state index contributed by atoms with van der Waals surface area (Å²) in [6, 6.07) is 6.54. The van der Waals surface area contributed by atoms with Gasteiger partial charge in [-0.3, -0.25) is 0 Å². The first kappa shape index (κ1) is 17.1. The molecule has 0 saturated carbocycles. The molecular formula is C17H20BrFN4O. The monoisotopic (exact) mass is 394 g/mol. The number of benzene rings is 1. The van der Waals surface area contributed by atoms with E-state index < -0.39 is 0 Å². The molecule has 0 bridgehead atoms. The van der Waals surface area contributed by atoms with Gasteiger partial charge in [0.25, 0.3) is 0 Å². The van der Waals surface area contributed by atoms with E-state index in [0.717, 1.165) is 47.6 Å². The molecule has 2 aromatic rings. The van der Waals surface area contributed by atoms with E-state index in [2.05, 4.69) is 36.1 Å². The van der Waals surface area contributed by atoms with Gasteiger partial charge in [-0.2, -0.15) is 0 Å². The van der Waals surface area contributed by atoms with Crippen LogP contribution >= 0.6 is 15.9 Å². The first-order valence-corrected chi connectivity index (χ1v) is 8.80. The van der Waals surface area contributed by atoms with Gasteiger partial charge in [-0.05, 0) is 36.5 Å². The highest BCUT2D eigenvalue weighted by atomic mass is 79.9. The fourth-order valence-corrected chi connectivity index (χ4v) is 3.38. The third-order valence-electron chi connectivity index (χ3n) is 4.23. The number of nitrogens with one attached hydrogen (secondary N) is 1. The molecule has 1 aromatic heterocycles. The number of hydrogen-bond acceptors (Lipinski definition) is 5. The largest absolute Gasteiger partial charge is 0.396 e. The average molecular weight is 395 g/mol. The van der Waals surface area contributed by atoms with Gasteiger partial charge in [0, 0.05) is 36.8 Å². The molecule has 0 aliphatic carbocycles. The van der Waals surface area contributed by atoms with Crippen molar-refractivity contribution in [3.05, 3.63) is 46.4 Å². The third-order valence-corrected chi connectivity index (χ3v) is 4.97. The molecule has 2 N–H and O–H groups in total. The zero-order valence-corrected chi connectivity index (χ0v) is 14.8. The van der Waals surface area contributed by atoms with Crippen LogP contribution in [0.25, 0.3) is 0 Å². The van der Waals surface area contributed by atoms with Gasteiger partial charge in [-0.1, -0.05) is 22.0 Å². The summed E-state index contributed by atoms with van der Waals surface area (Å²) in [5.74, 6) is 1.63. The van der Waals surface area contributed by atoms with Crippen molar-refractivity contribution >= 4 is 27.6 Å². The van der Waals surface area contributed by atoms with Crippen molar-refractivity contribution in [3.63, 3.8) is 0 Å². The van der Waals surface area contributed by atoms with Gasteiger partial charge >= 0.3 is 0 Å². The van der Waals surface area contributed by atoms with Crippen LogP contribution in [0.4, 0.5) is 16.0 Å². The lowest BCUT2D eigenvalue weighted by Crippen LogP contribution is -2.37. The summed E-state index contributed by atoms with van der Waals surface area (Å²) in [6.07, 6.45) is 3.65. The Kier molecular flexibility index (Phi) is 5.63. The van der Waals surface area contributed by atoms with E-state index in [4.69, 9.17) is 0 Å². The normalized spacial score (nSPS) is 17.8. The van der Waals surface area contributed by atoms with Gasteiger partial charge in [0.1, 0.15) is 23.8 Å². The second kappa shape index (κ2) is 7.90. The molecule has 0 amide bonds. The van der Waals surface area contributed by atoms with Crippen molar-refractivity contribution in [2.24, 2.45) is 5.92 Å². The van der Waals surface area contributed by atoms with Crippen molar-refractivity contribution in [3.8, 4) is 0 Å². The Morgan fingerprint density at radius 1 is 1.33 bits per heavy atom. The highest BCUT2D eigenvalue weighted by Gasteiger charge is 2.20. The smallest absolute Gasteiger partial charge is 0.134 e. The lowest BCUT2D eigenvalue weighted by Gasteiger charge is -2.32. The molecule has 0 spiro atoms. The number of aromatic nitrogens is 2. The van der Waals surface area contributed by atoms with Crippen LogP contribution in [-0.2, 0) is 6.54 Å². The van der Waals surface area contributed by atoms with E-state index >= 15 is 0 Å². The lowest BCUT2D eigenvalue weighted by atomic mass is 9.99. The molecule has 24 heavy (non-hydrogen) atoms. The molecule has 1 saturated heterocycles. The summed E-state index contributed by atoms with van der Waals surface area (Å²) in [6.45, 7) is 2.51. The molecule has 0 radical (unpaired) electrons. The SMILES string of the molecule is OCC1CCCN(c2cc(NCc3ccc(F)cc3Br)ncn2)C1. The van der Waals surface area contributed by atoms with E-state index in [9.17, 15) is 9.50 Å². The van der Waals surface area contributed by atoms with E-state index in [0.29, 0.717) is 12.5 Å². The second-order valence-corrected chi connectivity index (χ2v) is 6.84. The maximum absolute atomic E-state index is 13.1. The summed E-state index contributed by atoms with van der Waals surface area (Å²) in [5.41, 5.74) is 0.954. The standard InChI is InChI=1S/C17H20BrFN4O/c18-15-6-14(19)4-3-13(15)8-20-16-7-17(22-11-21-16)23-5-1-2-12(9-23)10-24/h3-4,6-7,11-12,24H,1-2,5,8-10H2,(H,20,21,22). The quantitative estimate of drug-likeness (QED) is 0.815. The second-order valence-electron chi connectivity index (χ2n) is 5.99. The Labute approximate surface area is 149 Å². The van der Waals surface area contributed by atoms with Crippen LogP contribution in [0.3, 0.4) is 0 Å². The third kappa shape index (κ3) is 4.21. The molecule has 7 heteroatoms. The van der Waals surface area contributed by atoms with Gasteiger partial charge in [0.2, 0.25) is 0 Å². The molecule has 1 aliphatic heterocycles.